The van der Waals surface area contributed by atoms with Crippen LogP contribution in [0.25, 0.3) is 10.8 Å². The monoisotopic (exact) mass is 202 g/mol. The van der Waals surface area contributed by atoms with E-state index in [0.717, 1.165) is 0 Å². The summed E-state index contributed by atoms with van der Waals surface area (Å²) in [7, 11) is 0. The molecule has 2 heteroatoms. The topological polar surface area (TPSA) is 25.8 Å². The van der Waals surface area contributed by atoms with Crippen LogP contribution in [0.1, 0.15) is 39.2 Å². The van der Waals surface area contributed by atoms with Crippen molar-refractivity contribution in [1.82, 2.24) is 9.97 Å². The van der Waals surface area contributed by atoms with Gasteiger partial charge in [-0.3, -0.25) is 9.97 Å². The molecule has 0 radical (unpaired) electrons. The normalized spacial score (nSPS) is 9.93. The fourth-order valence-electron chi connectivity index (χ4n) is 1.49. The Morgan fingerprint density at radius 1 is 1.00 bits per heavy atom. The van der Waals surface area contributed by atoms with Crippen molar-refractivity contribution in [2.75, 3.05) is 0 Å². The van der Waals surface area contributed by atoms with Gasteiger partial charge < -0.3 is 0 Å². The number of hydrogen-bond acceptors (Lipinski definition) is 2. The highest BCUT2D eigenvalue weighted by molar-refractivity contribution is 5.83. The second-order valence-corrected chi connectivity index (χ2v) is 3.48. The molecule has 0 amide bonds. The third kappa shape index (κ3) is 2.52. The summed E-state index contributed by atoms with van der Waals surface area (Å²) in [6.45, 7) is 8.34. The van der Waals surface area contributed by atoms with Crippen LogP contribution in [0, 0.1) is 0 Å². The summed E-state index contributed by atoms with van der Waals surface area (Å²) in [5.41, 5.74) is 1.27. The van der Waals surface area contributed by atoms with E-state index in [-0.39, 0.29) is 0 Å². The van der Waals surface area contributed by atoms with Gasteiger partial charge in [-0.15, -0.1) is 0 Å². The van der Waals surface area contributed by atoms with Crippen LogP contribution in [0.2, 0.25) is 0 Å². The Balaban J connectivity index is 0.000000531. The van der Waals surface area contributed by atoms with Crippen molar-refractivity contribution in [3.63, 3.8) is 0 Å². The molecule has 0 spiro atoms. The largest absolute Gasteiger partial charge is 0.264 e. The molecular formula is C13H18N2. The predicted molar refractivity (Wildman–Crippen MR) is 65.0 cm³/mol. The second kappa shape index (κ2) is 5.44. The lowest BCUT2D eigenvalue weighted by atomic mass is 10.0. The van der Waals surface area contributed by atoms with Gasteiger partial charge in [-0.1, -0.05) is 27.7 Å². The number of pyridine rings is 2. The fraction of sp³-hybridized carbons (Fsp3) is 0.385. The van der Waals surface area contributed by atoms with Gasteiger partial charge in [-0.2, -0.15) is 0 Å². The minimum atomic E-state index is 0.500. The first kappa shape index (κ1) is 11.6. The van der Waals surface area contributed by atoms with E-state index in [1.165, 1.54) is 16.3 Å². The first-order chi connectivity index (χ1) is 7.29. The predicted octanol–water partition coefficient (Wildman–Crippen LogP) is 3.78. The maximum Gasteiger partial charge on any atom is 0.0350 e. The van der Waals surface area contributed by atoms with Crippen molar-refractivity contribution in [3.8, 4) is 0 Å². The van der Waals surface area contributed by atoms with Gasteiger partial charge in [0.15, 0.2) is 0 Å². The molecule has 2 rings (SSSR count). The molecule has 0 saturated carbocycles. The molecule has 0 bridgehead atoms. The van der Waals surface area contributed by atoms with E-state index in [0.29, 0.717) is 5.92 Å². The standard InChI is InChI=1S/C11H12N2.C2H6/c1-8(2)10-6-13-5-9-3-4-12-7-11(9)10;1-2/h3-8H,1-2H3;1-2H3. The van der Waals surface area contributed by atoms with Gasteiger partial charge >= 0.3 is 0 Å². The summed E-state index contributed by atoms with van der Waals surface area (Å²) in [5.74, 6) is 0.500. The molecule has 2 heterocycles. The SMILES string of the molecule is CC.CC(C)c1cncc2ccncc12. The van der Waals surface area contributed by atoms with Crippen molar-refractivity contribution in [2.45, 2.75) is 33.6 Å². The Hall–Kier alpha value is -1.44. The lowest BCUT2D eigenvalue weighted by Gasteiger charge is -2.07. The third-order valence-corrected chi connectivity index (χ3v) is 2.22. The Labute approximate surface area is 91.4 Å². The highest BCUT2D eigenvalue weighted by Gasteiger charge is 2.04. The molecule has 0 atom stereocenters. The molecule has 0 saturated heterocycles. The van der Waals surface area contributed by atoms with E-state index in [1.54, 1.807) is 6.20 Å². The Bertz CT molecular complexity index is 416. The van der Waals surface area contributed by atoms with Crippen LogP contribution in [-0.2, 0) is 0 Å². The van der Waals surface area contributed by atoms with Crippen LogP contribution < -0.4 is 0 Å². The summed E-state index contributed by atoms with van der Waals surface area (Å²) in [6.07, 6.45) is 7.51. The van der Waals surface area contributed by atoms with Crippen LogP contribution in [0.4, 0.5) is 0 Å². The zero-order valence-corrected chi connectivity index (χ0v) is 9.86. The molecule has 0 aliphatic heterocycles. The zero-order chi connectivity index (χ0) is 11.3. The number of rotatable bonds is 1. The van der Waals surface area contributed by atoms with Gasteiger partial charge in [0.2, 0.25) is 0 Å². The zero-order valence-electron chi connectivity index (χ0n) is 9.86. The van der Waals surface area contributed by atoms with Gasteiger partial charge in [0.25, 0.3) is 0 Å². The first-order valence-corrected chi connectivity index (χ1v) is 5.46. The smallest absolute Gasteiger partial charge is 0.0350 e. The quantitative estimate of drug-likeness (QED) is 0.703. The highest BCUT2D eigenvalue weighted by Crippen LogP contribution is 2.22. The fourth-order valence-corrected chi connectivity index (χ4v) is 1.49. The van der Waals surface area contributed by atoms with E-state index in [2.05, 4.69) is 23.8 Å². The van der Waals surface area contributed by atoms with Gasteiger partial charge in [-0.25, -0.2) is 0 Å². The van der Waals surface area contributed by atoms with Crippen molar-refractivity contribution < 1.29 is 0 Å². The van der Waals surface area contributed by atoms with Crippen molar-refractivity contribution >= 4 is 10.8 Å². The van der Waals surface area contributed by atoms with E-state index < -0.39 is 0 Å². The lowest BCUT2D eigenvalue weighted by Crippen LogP contribution is -1.91. The number of fused-ring (bicyclic) bond motifs is 1. The summed E-state index contributed by atoms with van der Waals surface area (Å²) < 4.78 is 0. The maximum atomic E-state index is 4.21. The molecule has 2 aromatic heterocycles. The average Bonchev–Trinajstić information content (AvgIpc) is 2.31. The molecule has 0 fully saturated rings. The maximum absolute atomic E-state index is 4.21. The van der Waals surface area contributed by atoms with Crippen LogP contribution in [-0.4, -0.2) is 9.97 Å². The molecule has 0 unspecified atom stereocenters. The van der Waals surface area contributed by atoms with Crippen molar-refractivity contribution in [1.29, 1.82) is 0 Å². The molecule has 2 aromatic rings. The first-order valence-electron chi connectivity index (χ1n) is 5.46. The van der Waals surface area contributed by atoms with E-state index in [9.17, 15) is 0 Å². The van der Waals surface area contributed by atoms with Gasteiger partial charge in [0.1, 0.15) is 0 Å². The molecule has 0 N–H and O–H groups in total. The molecule has 80 valence electrons. The highest BCUT2D eigenvalue weighted by atomic mass is 14.7. The lowest BCUT2D eigenvalue weighted by molar-refractivity contribution is 0.868. The van der Waals surface area contributed by atoms with Crippen molar-refractivity contribution in [2.24, 2.45) is 0 Å². The van der Waals surface area contributed by atoms with E-state index >= 15 is 0 Å². The van der Waals surface area contributed by atoms with Crippen LogP contribution in [0.3, 0.4) is 0 Å². The summed E-state index contributed by atoms with van der Waals surface area (Å²) in [4.78, 5) is 8.33. The van der Waals surface area contributed by atoms with E-state index in [1.807, 2.05) is 38.5 Å². The molecule has 0 aliphatic carbocycles. The van der Waals surface area contributed by atoms with Gasteiger partial charge in [0.05, 0.1) is 0 Å². The number of nitrogens with zero attached hydrogens (tertiary/aromatic N) is 2. The summed E-state index contributed by atoms with van der Waals surface area (Å²) in [6, 6.07) is 1.99. The van der Waals surface area contributed by atoms with Crippen molar-refractivity contribution in [3.05, 3.63) is 36.4 Å². The molecule has 2 nitrogen and oxygen atoms in total. The summed E-state index contributed by atoms with van der Waals surface area (Å²) >= 11 is 0. The second-order valence-electron chi connectivity index (χ2n) is 3.48. The average molecular weight is 202 g/mol. The van der Waals surface area contributed by atoms with Crippen LogP contribution in [0.15, 0.2) is 30.9 Å². The van der Waals surface area contributed by atoms with Crippen LogP contribution >= 0.6 is 0 Å². The Morgan fingerprint density at radius 2 is 1.73 bits per heavy atom. The van der Waals surface area contributed by atoms with Gasteiger partial charge in [0, 0.05) is 35.6 Å². The van der Waals surface area contributed by atoms with Crippen LogP contribution in [0.5, 0.6) is 0 Å². The number of aromatic nitrogens is 2. The molecule has 0 aliphatic rings. The minimum absolute atomic E-state index is 0.500. The van der Waals surface area contributed by atoms with E-state index in [4.69, 9.17) is 0 Å². The Morgan fingerprint density at radius 3 is 2.40 bits per heavy atom. The molecular weight excluding hydrogens is 184 g/mol. The Kier molecular flexibility index (Phi) is 4.22. The molecule has 15 heavy (non-hydrogen) atoms. The number of hydrogen-bond donors (Lipinski definition) is 0. The van der Waals surface area contributed by atoms with Gasteiger partial charge in [-0.05, 0) is 17.5 Å². The minimum Gasteiger partial charge on any atom is -0.264 e. The summed E-state index contributed by atoms with van der Waals surface area (Å²) in [5, 5.41) is 2.38. The third-order valence-electron chi connectivity index (χ3n) is 2.22. The molecule has 0 aromatic carbocycles.